The van der Waals surface area contributed by atoms with Crippen molar-refractivity contribution in [3.8, 4) is 0 Å². The minimum Gasteiger partial charge on any atom is -0.481 e. The molecule has 0 fully saturated rings. The van der Waals surface area contributed by atoms with E-state index < -0.39 is 23.5 Å². The number of benzene rings is 1. The van der Waals surface area contributed by atoms with Crippen LogP contribution in [0.1, 0.15) is 16.9 Å². The molecule has 7 heteroatoms. The predicted molar refractivity (Wildman–Crippen MR) is 76.0 cm³/mol. The molecule has 1 aromatic heterocycles. The summed E-state index contributed by atoms with van der Waals surface area (Å²) in [6, 6.07) is 7.99. The maximum Gasteiger partial charge on any atom is 0.305 e. The quantitative estimate of drug-likeness (QED) is 0.630. The fourth-order valence-corrected chi connectivity index (χ4v) is 1.87. The lowest BCUT2D eigenvalue weighted by Crippen LogP contribution is -2.25. The van der Waals surface area contributed by atoms with Crippen molar-refractivity contribution in [3.63, 3.8) is 0 Å². The van der Waals surface area contributed by atoms with Crippen molar-refractivity contribution in [1.29, 1.82) is 0 Å². The Balaban J connectivity index is 2.07. The smallest absolute Gasteiger partial charge is 0.305 e. The third-order valence-corrected chi connectivity index (χ3v) is 2.94. The van der Waals surface area contributed by atoms with E-state index in [9.17, 15) is 18.8 Å². The zero-order valence-electron chi connectivity index (χ0n) is 11.5. The summed E-state index contributed by atoms with van der Waals surface area (Å²) in [7, 11) is 0. The van der Waals surface area contributed by atoms with Crippen molar-refractivity contribution in [2.45, 2.75) is 13.0 Å². The number of nitrogens with one attached hydrogen (secondary N) is 1. The van der Waals surface area contributed by atoms with Crippen molar-refractivity contribution < 1.29 is 23.9 Å². The highest BCUT2D eigenvalue weighted by Gasteiger charge is 2.20. The highest BCUT2D eigenvalue weighted by molar-refractivity contribution is 6.46. The van der Waals surface area contributed by atoms with Crippen LogP contribution in [0.25, 0.3) is 0 Å². The first-order valence-corrected chi connectivity index (χ1v) is 6.45. The molecule has 0 bridgehead atoms. The minimum atomic E-state index is -0.997. The fourth-order valence-electron chi connectivity index (χ4n) is 1.87. The molecule has 2 aromatic rings. The van der Waals surface area contributed by atoms with Gasteiger partial charge in [0.25, 0.3) is 11.7 Å². The Morgan fingerprint density at radius 2 is 1.82 bits per heavy atom. The van der Waals surface area contributed by atoms with E-state index in [1.807, 2.05) is 0 Å². The van der Waals surface area contributed by atoms with Gasteiger partial charge in [0, 0.05) is 18.4 Å². The summed E-state index contributed by atoms with van der Waals surface area (Å²) in [4.78, 5) is 34.6. The van der Waals surface area contributed by atoms with Gasteiger partial charge in [-0.1, -0.05) is 0 Å². The van der Waals surface area contributed by atoms with Gasteiger partial charge in [-0.15, -0.1) is 0 Å². The Morgan fingerprint density at radius 3 is 2.45 bits per heavy atom. The maximum atomic E-state index is 12.8. The van der Waals surface area contributed by atoms with Gasteiger partial charge in [0.15, 0.2) is 0 Å². The van der Waals surface area contributed by atoms with E-state index >= 15 is 0 Å². The normalized spacial score (nSPS) is 10.2. The molecule has 0 aliphatic rings. The van der Waals surface area contributed by atoms with Crippen LogP contribution in [-0.2, 0) is 16.1 Å². The molecule has 1 heterocycles. The molecule has 2 N–H and O–H groups in total. The summed E-state index contributed by atoms with van der Waals surface area (Å²) >= 11 is 0. The van der Waals surface area contributed by atoms with Crippen LogP contribution in [0, 0.1) is 5.82 Å². The Kier molecular flexibility index (Phi) is 4.67. The average Bonchev–Trinajstić information content (AvgIpc) is 2.95. The Morgan fingerprint density at radius 1 is 1.14 bits per heavy atom. The summed E-state index contributed by atoms with van der Waals surface area (Å²) in [5.74, 6) is -3.11. The molecule has 2 rings (SSSR count). The van der Waals surface area contributed by atoms with Crippen LogP contribution >= 0.6 is 0 Å². The first-order chi connectivity index (χ1) is 10.5. The van der Waals surface area contributed by atoms with E-state index in [0.717, 1.165) is 12.1 Å². The summed E-state index contributed by atoms with van der Waals surface area (Å²) in [5, 5.41) is 11.0. The average molecular weight is 304 g/mol. The highest BCUT2D eigenvalue weighted by Crippen LogP contribution is 2.10. The van der Waals surface area contributed by atoms with Gasteiger partial charge >= 0.3 is 5.97 Å². The molecule has 114 valence electrons. The van der Waals surface area contributed by atoms with Crippen molar-refractivity contribution in [2.75, 3.05) is 5.32 Å². The molecule has 6 nitrogen and oxygen atoms in total. The molecule has 0 radical (unpaired) electrons. The molecule has 0 saturated carbocycles. The van der Waals surface area contributed by atoms with Crippen molar-refractivity contribution in [2.24, 2.45) is 0 Å². The van der Waals surface area contributed by atoms with Crippen LogP contribution in [0.15, 0.2) is 42.6 Å². The number of hydrogen-bond acceptors (Lipinski definition) is 3. The standard InChI is InChI=1S/C15H13FN2O4/c16-10-3-5-11(6-4-10)17-15(22)14(21)12-2-1-8-18(12)9-7-13(19)20/h1-6,8H,7,9H2,(H,17,22)(H,19,20). The maximum absolute atomic E-state index is 12.8. The summed E-state index contributed by atoms with van der Waals surface area (Å²) < 4.78 is 14.2. The molecule has 0 aliphatic heterocycles. The number of nitrogens with zero attached hydrogens (tertiary/aromatic N) is 1. The Bertz CT molecular complexity index is 707. The number of carboxylic acids is 1. The van der Waals surface area contributed by atoms with Gasteiger partial charge in [-0.05, 0) is 36.4 Å². The fraction of sp³-hybridized carbons (Fsp3) is 0.133. The topological polar surface area (TPSA) is 88.4 Å². The summed E-state index contributed by atoms with van der Waals surface area (Å²) in [6.45, 7) is 0.0905. The predicted octanol–water partition coefficient (Wildman–Crippen LogP) is 1.92. The molecule has 0 spiro atoms. The second-order valence-electron chi connectivity index (χ2n) is 4.52. The van der Waals surface area contributed by atoms with E-state index in [2.05, 4.69) is 5.32 Å². The summed E-state index contributed by atoms with van der Waals surface area (Å²) in [5.41, 5.74) is 0.393. The molecule has 0 atom stereocenters. The van der Waals surface area contributed by atoms with E-state index in [1.54, 1.807) is 6.07 Å². The van der Waals surface area contributed by atoms with Crippen LogP contribution in [0.5, 0.6) is 0 Å². The molecular formula is C15H13FN2O4. The first-order valence-electron chi connectivity index (χ1n) is 6.45. The van der Waals surface area contributed by atoms with E-state index in [0.29, 0.717) is 5.69 Å². The number of amides is 1. The number of aryl methyl sites for hydroxylation is 1. The zero-order chi connectivity index (χ0) is 16.1. The van der Waals surface area contributed by atoms with Crippen LogP contribution in [-0.4, -0.2) is 27.3 Å². The van der Waals surface area contributed by atoms with Crippen LogP contribution in [0.2, 0.25) is 0 Å². The van der Waals surface area contributed by atoms with Gasteiger partial charge in [-0.25, -0.2) is 4.39 Å². The number of aliphatic carboxylic acids is 1. The minimum absolute atomic E-state index is 0.0905. The summed E-state index contributed by atoms with van der Waals surface area (Å²) in [6.07, 6.45) is 1.37. The largest absolute Gasteiger partial charge is 0.481 e. The van der Waals surface area contributed by atoms with Gasteiger partial charge in [0.2, 0.25) is 0 Å². The second kappa shape index (κ2) is 6.66. The number of anilines is 1. The van der Waals surface area contributed by atoms with E-state index in [-0.39, 0.29) is 18.7 Å². The molecule has 0 aliphatic carbocycles. The van der Waals surface area contributed by atoms with Crippen molar-refractivity contribution in [3.05, 3.63) is 54.1 Å². The number of carbonyl (C=O) groups excluding carboxylic acids is 2. The van der Waals surface area contributed by atoms with Gasteiger partial charge in [0.05, 0.1) is 12.1 Å². The Labute approximate surface area is 125 Å². The number of halogens is 1. The van der Waals surface area contributed by atoms with E-state index in [1.165, 1.54) is 29.0 Å². The first kappa shape index (κ1) is 15.4. The third kappa shape index (κ3) is 3.78. The van der Waals surface area contributed by atoms with Crippen LogP contribution < -0.4 is 5.32 Å². The highest BCUT2D eigenvalue weighted by atomic mass is 19.1. The SMILES string of the molecule is O=C(O)CCn1cccc1C(=O)C(=O)Nc1ccc(F)cc1. The van der Waals surface area contributed by atoms with Gasteiger partial charge in [-0.2, -0.15) is 0 Å². The lowest BCUT2D eigenvalue weighted by atomic mass is 10.2. The number of Topliss-reactive ketones (excluding diaryl/α,β-unsaturated/α-hetero) is 1. The molecule has 0 unspecified atom stereocenters. The molecule has 0 saturated heterocycles. The van der Waals surface area contributed by atoms with Gasteiger partial charge in [-0.3, -0.25) is 14.4 Å². The lowest BCUT2D eigenvalue weighted by Gasteiger charge is -2.08. The Hall–Kier alpha value is -2.96. The van der Waals surface area contributed by atoms with Gasteiger partial charge in [0.1, 0.15) is 5.82 Å². The molecular weight excluding hydrogens is 291 g/mol. The van der Waals surface area contributed by atoms with Crippen LogP contribution in [0.4, 0.5) is 10.1 Å². The van der Waals surface area contributed by atoms with E-state index in [4.69, 9.17) is 5.11 Å². The number of aromatic nitrogens is 1. The zero-order valence-corrected chi connectivity index (χ0v) is 11.5. The monoisotopic (exact) mass is 304 g/mol. The third-order valence-electron chi connectivity index (χ3n) is 2.94. The molecule has 1 aromatic carbocycles. The number of carbonyl (C=O) groups is 3. The number of ketones is 1. The lowest BCUT2D eigenvalue weighted by molar-refractivity contribution is -0.137. The second-order valence-corrected chi connectivity index (χ2v) is 4.52. The van der Waals surface area contributed by atoms with Crippen molar-refractivity contribution in [1.82, 2.24) is 4.57 Å². The number of hydrogen-bond donors (Lipinski definition) is 2. The number of carboxylic acid groups (broad SMARTS) is 1. The van der Waals surface area contributed by atoms with Gasteiger partial charge < -0.3 is 15.0 Å². The van der Waals surface area contributed by atoms with Crippen LogP contribution in [0.3, 0.4) is 0 Å². The van der Waals surface area contributed by atoms with Crippen molar-refractivity contribution >= 4 is 23.3 Å². The number of rotatable bonds is 6. The molecule has 1 amide bonds. The molecule has 22 heavy (non-hydrogen) atoms.